The van der Waals surface area contributed by atoms with E-state index < -0.39 is 20.0 Å². The molecular weight excluding hydrogens is 533 g/mol. The molecule has 4 rings (SSSR count). The molecule has 216 valence electrons. The first-order chi connectivity index (χ1) is 19.0. The fourth-order valence-electron chi connectivity index (χ4n) is 4.90. The van der Waals surface area contributed by atoms with Gasteiger partial charge in [-0.2, -0.15) is 0 Å². The van der Waals surface area contributed by atoms with Gasteiger partial charge in [-0.3, -0.25) is 4.79 Å². The number of hydrogen-bond acceptors (Lipinski definition) is 6. The quantitative estimate of drug-likeness (QED) is 0.256. The molecule has 3 aromatic rings. The van der Waals surface area contributed by atoms with Crippen LogP contribution in [0.4, 0.5) is 9.18 Å². The lowest BCUT2D eigenvalue weighted by Gasteiger charge is -2.30. The summed E-state index contributed by atoms with van der Waals surface area (Å²) in [5, 5.41) is 12.3. The molecule has 1 aromatic carbocycles. The van der Waals surface area contributed by atoms with E-state index in [2.05, 4.69) is 34.9 Å². The number of carbonyl (C=O) groups excluding carboxylic acids is 1. The number of nitrogens with one attached hydrogen (secondary N) is 1. The molecule has 2 aromatic heterocycles. The van der Waals surface area contributed by atoms with Gasteiger partial charge in [0.05, 0.1) is 17.7 Å². The van der Waals surface area contributed by atoms with Gasteiger partial charge >= 0.3 is 6.09 Å². The number of rotatable bonds is 10. The Hall–Kier alpha value is -3.51. The number of amides is 2. The monoisotopic (exact) mass is 571 g/mol. The van der Waals surface area contributed by atoms with Crippen LogP contribution in [0.25, 0.3) is 22.3 Å². The van der Waals surface area contributed by atoms with Crippen molar-refractivity contribution in [3.63, 3.8) is 0 Å². The van der Waals surface area contributed by atoms with E-state index >= 15 is 0 Å². The minimum atomic E-state index is -1.32. The molecule has 0 bridgehead atoms. The third-order valence-electron chi connectivity index (χ3n) is 7.14. The topological polar surface area (TPSA) is 119 Å². The Balaban J connectivity index is 1.75. The molecule has 40 heavy (non-hydrogen) atoms. The number of ether oxygens (including phenoxy) is 2. The van der Waals surface area contributed by atoms with Gasteiger partial charge in [0, 0.05) is 45.1 Å². The second kappa shape index (κ2) is 12.3. The molecule has 2 N–H and O–H groups in total. The average Bonchev–Trinajstić information content (AvgIpc) is 3.18. The number of piperidine rings is 1. The van der Waals surface area contributed by atoms with Crippen LogP contribution >= 0.6 is 0 Å². The van der Waals surface area contributed by atoms with Gasteiger partial charge in [0.15, 0.2) is 0 Å². The normalized spacial score (nSPS) is 14.5. The fraction of sp³-hybridized carbons (Fsp3) is 0.500. The third kappa shape index (κ3) is 6.61. The minimum absolute atomic E-state index is 0.164. The number of carboxylic acid groups (broad SMARTS) is 1. The van der Waals surface area contributed by atoms with Crippen molar-refractivity contribution >= 4 is 31.1 Å². The van der Waals surface area contributed by atoms with E-state index in [9.17, 15) is 19.1 Å². The maximum Gasteiger partial charge on any atom is 0.407 e. The lowest BCUT2D eigenvalue weighted by Crippen LogP contribution is -2.46. The van der Waals surface area contributed by atoms with Crippen molar-refractivity contribution in [2.45, 2.75) is 65.1 Å². The molecule has 1 fully saturated rings. The minimum Gasteiger partial charge on any atom is -0.493 e. The summed E-state index contributed by atoms with van der Waals surface area (Å²) in [5.41, 5.74) is 2.94. The molecule has 0 spiro atoms. The Kier molecular flexibility index (Phi) is 9.09. The van der Waals surface area contributed by atoms with Crippen LogP contribution < -0.4 is 10.1 Å². The Morgan fingerprint density at radius 2 is 1.93 bits per heavy atom. The number of fused-ring (bicyclic) bond motifs is 1. The number of nitrogens with zero attached hydrogens (tertiary/aromatic N) is 4. The molecule has 0 saturated carbocycles. The van der Waals surface area contributed by atoms with Gasteiger partial charge in [0.25, 0.3) is 5.91 Å². The van der Waals surface area contributed by atoms with E-state index in [1.807, 2.05) is 18.4 Å². The summed E-state index contributed by atoms with van der Waals surface area (Å²) in [4.78, 5) is 35.3. The fourth-order valence-corrected chi connectivity index (χ4v) is 5.65. The van der Waals surface area contributed by atoms with Gasteiger partial charge in [-0.25, -0.2) is 19.2 Å². The molecule has 0 aliphatic carbocycles. The number of halogens is 1. The van der Waals surface area contributed by atoms with E-state index in [0.29, 0.717) is 78.4 Å². The van der Waals surface area contributed by atoms with E-state index in [0.717, 1.165) is 6.04 Å². The highest BCUT2D eigenvalue weighted by molar-refractivity contribution is 6.76. The van der Waals surface area contributed by atoms with Gasteiger partial charge in [-0.15, -0.1) is 0 Å². The number of likely N-dealkylation sites (tertiary alicyclic amines) is 1. The Morgan fingerprint density at radius 1 is 1.20 bits per heavy atom. The van der Waals surface area contributed by atoms with Crippen LogP contribution in [0.15, 0.2) is 24.5 Å². The van der Waals surface area contributed by atoms with Crippen molar-refractivity contribution in [3.05, 3.63) is 41.6 Å². The van der Waals surface area contributed by atoms with E-state index in [1.54, 1.807) is 6.07 Å². The highest BCUT2D eigenvalue weighted by Crippen LogP contribution is 2.36. The van der Waals surface area contributed by atoms with Crippen molar-refractivity contribution in [3.8, 4) is 17.0 Å². The van der Waals surface area contributed by atoms with Crippen molar-refractivity contribution in [2.75, 3.05) is 26.3 Å². The number of benzene rings is 1. The van der Waals surface area contributed by atoms with Crippen LogP contribution in [0.5, 0.6) is 5.75 Å². The zero-order valence-electron chi connectivity index (χ0n) is 23.8. The summed E-state index contributed by atoms with van der Waals surface area (Å²) in [6.45, 7) is 12.4. The van der Waals surface area contributed by atoms with Gasteiger partial charge in [-0.1, -0.05) is 19.6 Å². The lowest BCUT2D eigenvalue weighted by molar-refractivity contribution is 0.0874. The van der Waals surface area contributed by atoms with E-state index in [4.69, 9.17) is 9.47 Å². The predicted molar refractivity (Wildman–Crippen MR) is 153 cm³/mol. The van der Waals surface area contributed by atoms with E-state index in [1.165, 1.54) is 23.4 Å². The van der Waals surface area contributed by atoms with Crippen molar-refractivity contribution < 1.29 is 28.6 Å². The highest BCUT2D eigenvalue weighted by Gasteiger charge is 2.29. The molecule has 12 heteroatoms. The lowest BCUT2D eigenvalue weighted by atomic mass is 10.0. The molecule has 1 saturated heterocycles. The van der Waals surface area contributed by atoms with Gasteiger partial charge in [0.2, 0.25) is 0 Å². The molecule has 0 unspecified atom stereocenters. The summed E-state index contributed by atoms with van der Waals surface area (Å²) in [6, 6.07) is 5.11. The van der Waals surface area contributed by atoms with Crippen LogP contribution in [-0.4, -0.2) is 77.0 Å². The predicted octanol–water partition coefficient (Wildman–Crippen LogP) is 5.13. The first-order valence-electron chi connectivity index (χ1n) is 13.6. The van der Waals surface area contributed by atoms with Crippen LogP contribution in [0.2, 0.25) is 25.7 Å². The summed E-state index contributed by atoms with van der Waals surface area (Å²) in [7, 11) is -1.32. The molecular formula is C28H38FN5O5Si. The van der Waals surface area contributed by atoms with E-state index in [-0.39, 0.29) is 18.7 Å². The van der Waals surface area contributed by atoms with Crippen molar-refractivity contribution in [2.24, 2.45) is 0 Å². The second-order valence-electron chi connectivity index (χ2n) is 11.2. The largest absolute Gasteiger partial charge is 0.493 e. The molecule has 2 amide bonds. The highest BCUT2D eigenvalue weighted by atomic mass is 28.3. The number of aromatic nitrogens is 3. The maximum absolute atomic E-state index is 14.5. The van der Waals surface area contributed by atoms with Crippen LogP contribution in [0.1, 0.15) is 35.8 Å². The first-order valence-corrected chi connectivity index (χ1v) is 17.3. The Morgan fingerprint density at radius 3 is 2.58 bits per heavy atom. The number of hydrogen-bond donors (Lipinski definition) is 2. The molecule has 1 aliphatic rings. The third-order valence-corrected chi connectivity index (χ3v) is 8.84. The van der Waals surface area contributed by atoms with Gasteiger partial charge in [0.1, 0.15) is 35.8 Å². The average molecular weight is 572 g/mol. The Bertz CT molecular complexity index is 1380. The van der Waals surface area contributed by atoms with Crippen molar-refractivity contribution in [1.82, 2.24) is 24.8 Å². The number of carbonyl (C=O) groups is 2. The maximum atomic E-state index is 14.5. The molecule has 3 heterocycles. The first kappa shape index (κ1) is 29.5. The molecule has 10 nitrogen and oxygen atoms in total. The zero-order chi connectivity index (χ0) is 29.0. The van der Waals surface area contributed by atoms with Gasteiger partial charge in [-0.05, 0) is 50.9 Å². The van der Waals surface area contributed by atoms with Crippen LogP contribution in [0, 0.1) is 12.7 Å². The summed E-state index contributed by atoms with van der Waals surface area (Å²) >= 11 is 0. The second-order valence-corrected chi connectivity index (χ2v) is 16.9. The summed E-state index contributed by atoms with van der Waals surface area (Å²) in [5.74, 6) is -0.256. The van der Waals surface area contributed by atoms with Gasteiger partial charge < -0.3 is 29.4 Å². The molecule has 0 atom stereocenters. The van der Waals surface area contributed by atoms with Crippen LogP contribution in [-0.2, 0) is 11.5 Å². The zero-order valence-corrected chi connectivity index (χ0v) is 24.8. The van der Waals surface area contributed by atoms with Crippen LogP contribution in [0.3, 0.4) is 0 Å². The summed E-state index contributed by atoms with van der Waals surface area (Å²) in [6.07, 6.45) is 1.47. The van der Waals surface area contributed by atoms with Crippen molar-refractivity contribution in [1.29, 1.82) is 0 Å². The Labute approximate surface area is 234 Å². The molecule has 0 radical (unpaired) electrons. The smallest absolute Gasteiger partial charge is 0.407 e. The SMILES string of the molecule is CCOc1ccc(F)cc1-c1ncnc2c(C(=O)NC3CCN(C(=O)O)CC3)c(C)n(COCC[Si](C)(C)C)c12. The molecule has 1 aliphatic heterocycles. The summed E-state index contributed by atoms with van der Waals surface area (Å²) < 4.78 is 28.2. The standard InChI is InChI=1S/C28H38FN5O5Si/c1-6-39-22-8-7-19(29)15-21(22)24-26-25(31-16-30-24)23(18(2)34(26)17-38-13-14-40(3,4)5)27(35)32-20-9-11-33(12-10-20)28(36)37/h7-8,15-16,20H,6,9-14,17H2,1-5H3,(H,32,35)(H,36,37).